The van der Waals surface area contributed by atoms with E-state index in [-0.39, 0.29) is 33.1 Å². The molecule has 0 saturated carbocycles. The van der Waals surface area contributed by atoms with Crippen LogP contribution in [-0.2, 0) is 26.2 Å². The third-order valence-corrected chi connectivity index (χ3v) is 8.62. The van der Waals surface area contributed by atoms with Gasteiger partial charge in [0.25, 0.3) is 10.0 Å². The number of carbonyl (C=O) groups is 2. The lowest BCUT2D eigenvalue weighted by Crippen LogP contribution is -2.51. The Labute approximate surface area is 234 Å². The van der Waals surface area contributed by atoms with Crippen molar-refractivity contribution in [3.63, 3.8) is 0 Å². The van der Waals surface area contributed by atoms with Crippen molar-refractivity contribution in [1.29, 1.82) is 0 Å². The van der Waals surface area contributed by atoms with Crippen LogP contribution in [0.1, 0.15) is 30.5 Å². The third kappa shape index (κ3) is 6.87. The first-order valence-electron chi connectivity index (χ1n) is 12.1. The topological polar surface area (TPSA) is 86.8 Å². The second-order valence-electron chi connectivity index (χ2n) is 8.98. The number of likely N-dealkylation sites (N-methyl/N-ethyl adjacent to an activating group) is 1. The number of rotatable bonds is 10. The standard InChI is InChI=1S/C28H31Cl2N3O4S/c1-5-31-28(35)21(4)32(17-22-9-6-8-20(3)16-22)26(34)18-33(25-11-7-10-24(29)27(25)30)38(36,37)23-14-12-19(2)13-15-23/h6-16,21H,5,17-18H2,1-4H3,(H,31,35)/t21-/m0/s1. The summed E-state index contributed by atoms with van der Waals surface area (Å²) in [6.07, 6.45) is 0. The van der Waals surface area contributed by atoms with Crippen molar-refractivity contribution < 1.29 is 18.0 Å². The van der Waals surface area contributed by atoms with E-state index in [0.717, 1.165) is 21.0 Å². The lowest BCUT2D eigenvalue weighted by Gasteiger charge is -2.32. The van der Waals surface area contributed by atoms with Crippen LogP contribution >= 0.6 is 23.2 Å². The minimum atomic E-state index is -4.23. The molecular weight excluding hydrogens is 545 g/mol. The summed E-state index contributed by atoms with van der Waals surface area (Å²) in [5, 5.41) is 2.88. The van der Waals surface area contributed by atoms with Crippen LogP contribution in [0.4, 0.5) is 5.69 Å². The van der Waals surface area contributed by atoms with Gasteiger partial charge in [0, 0.05) is 13.1 Å². The molecule has 0 aromatic heterocycles. The Morgan fingerprint density at radius 2 is 1.61 bits per heavy atom. The number of anilines is 1. The molecule has 0 radical (unpaired) electrons. The maximum atomic E-state index is 13.9. The van der Waals surface area contributed by atoms with Crippen LogP contribution in [0.25, 0.3) is 0 Å². The molecule has 3 rings (SSSR count). The molecule has 3 aromatic carbocycles. The molecular formula is C28H31Cl2N3O4S. The summed E-state index contributed by atoms with van der Waals surface area (Å²) in [4.78, 5) is 28.0. The smallest absolute Gasteiger partial charge is 0.264 e. The zero-order valence-corrected chi connectivity index (χ0v) is 24.1. The van der Waals surface area contributed by atoms with Crippen LogP contribution < -0.4 is 9.62 Å². The van der Waals surface area contributed by atoms with Gasteiger partial charge >= 0.3 is 0 Å². The molecule has 38 heavy (non-hydrogen) atoms. The van der Waals surface area contributed by atoms with Gasteiger partial charge in [-0.25, -0.2) is 8.42 Å². The second-order valence-corrected chi connectivity index (χ2v) is 11.6. The van der Waals surface area contributed by atoms with Crippen molar-refractivity contribution in [1.82, 2.24) is 10.2 Å². The Hall–Kier alpha value is -3.07. The monoisotopic (exact) mass is 575 g/mol. The average molecular weight is 577 g/mol. The number of amides is 2. The molecule has 7 nitrogen and oxygen atoms in total. The van der Waals surface area contributed by atoms with Crippen molar-refractivity contribution in [2.75, 3.05) is 17.4 Å². The van der Waals surface area contributed by atoms with Gasteiger partial charge in [-0.1, -0.05) is 76.8 Å². The van der Waals surface area contributed by atoms with Gasteiger partial charge in [0.15, 0.2) is 0 Å². The molecule has 0 bridgehead atoms. The van der Waals surface area contributed by atoms with Crippen LogP contribution in [-0.4, -0.2) is 44.3 Å². The molecule has 1 atom stereocenters. The minimum Gasteiger partial charge on any atom is -0.355 e. The number of hydrogen-bond acceptors (Lipinski definition) is 4. The maximum Gasteiger partial charge on any atom is 0.264 e. The van der Waals surface area contributed by atoms with E-state index in [1.54, 1.807) is 32.0 Å². The number of nitrogens with one attached hydrogen (secondary N) is 1. The van der Waals surface area contributed by atoms with Gasteiger partial charge in [-0.15, -0.1) is 0 Å². The largest absolute Gasteiger partial charge is 0.355 e. The van der Waals surface area contributed by atoms with E-state index < -0.39 is 28.5 Å². The summed E-state index contributed by atoms with van der Waals surface area (Å²) in [6, 6.07) is 17.6. The first kappa shape index (κ1) is 29.5. The lowest BCUT2D eigenvalue weighted by molar-refractivity contribution is -0.139. The molecule has 0 unspecified atom stereocenters. The van der Waals surface area contributed by atoms with Crippen molar-refractivity contribution in [3.05, 3.63) is 93.5 Å². The van der Waals surface area contributed by atoms with Crippen LogP contribution in [0.3, 0.4) is 0 Å². The molecule has 0 fully saturated rings. The highest BCUT2D eigenvalue weighted by atomic mass is 35.5. The van der Waals surface area contributed by atoms with E-state index in [4.69, 9.17) is 23.2 Å². The third-order valence-electron chi connectivity index (χ3n) is 6.04. The Morgan fingerprint density at radius 3 is 2.24 bits per heavy atom. The number of sulfonamides is 1. The predicted molar refractivity (Wildman–Crippen MR) is 152 cm³/mol. The van der Waals surface area contributed by atoms with Crippen molar-refractivity contribution in [3.8, 4) is 0 Å². The average Bonchev–Trinajstić information content (AvgIpc) is 2.87. The molecule has 0 aliphatic carbocycles. The molecule has 0 aliphatic heterocycles. The first-order chi connectivity index (χ1) is 17.9. The molecule has 1 N–H and O–H groups in total. The van der Waals surface area contributed by atoms with Crippen LogP contribution in [0.5, 0.6) is 0 Å². The summed E-state index contributed by atoms with van der Waals surface area (Å²) in [5.41, 5.74) is 2.75. The predicted octanol–water partition coefficient (Wildman–Crippen LogP) is 5.36. The lowest BCUT2D eigenvalue weighted by atomic mass is 10.1. The number of hydrogen-bond donors (Lipinski definition) is 1. The van der Waals surface area contributed by atoms with Gasteiger partial charge < -0.3 is 10.2 Å². The molecule has 0 saturated heterocycles. The van der Waals surface area contributed by atoms with Crippen molar-refractivity contribution in [2.24, 2.45) is 0 Å². The first-order valence-corrected chi connectivity index (χ1v) is 14.3. The van der Waals surface area contributed by atoms with Crippen LogP contribution in [0, 0.1) is 13.8 Å². The highest BCUT2D eigenvalue weighted by Crippen LogP contribution is 2.35. The summed E-state index contributed by atoms with van der Waals surface area (Å²) in [6.45, 7) is 7.09. The summed E-state index contributed by atoms with van der Waals surface area (Å²) in [5.74, 6) is -0.917. The van der Waals surface area contributed by atoms with Gasteiger partial charge in [0.2, 0.25) is 11.8 Å². The number of nitrogens with zero attached hydrogens (tertiary/aromatic N) is 2. The highest BCUT2D eigenvalue weighted by Gasteiger charge is 2.33. The van der Waals surface area contributed by atoms with E-state index in [9.17, 15) is 18.0 Å². The highest BCUT2D eigenvalue weighted by molar-refractivity contribution is 7.92. The molecule has 0 aliphatic rings. The second kappa shape index (κ2) is 12.7. The van der Waals surface area contributed by atoms with Gasteiger partial charge in [0.05, 0.1) is 20.6 Å². The van der Waals surface area contributed by atoms with Gasteiger partial charge in [0.1, 0.15) is 12.6 Å². The summed E-state index contributed by atoms with van der Waals surface area (Å²) < 4.78 is 28.6. The number of halogens is 2. The Balaban J connectivity index is 2.08. The fraction of sp³-hybridized carbons (Fsp3) is 0.286. The van der Waals surface area contributed by atoms with E-state index in [0.29, 0.717) is 6.54 Å². The molecule has 202 valence electrons. The summed E-state index contributed by atoms with van der Waals surface area (Å²) in [7, 11) is -4.23. The number of carbonyl (C=O) groups excluding carboxylic acids is 2. The molecule has 2 amide bonds. The minimum absolute atomic E-state index is 0.000313. The van der Waals surface area contributed by atoms with Gasteiger partial charge in [-0.3, -0.25) is 13.9 Å². The Kier molecular flexibility index (Phi) is 9.82. The Bertz CT molecular complexity index is 1410. The van der Waals surface area contributed by atoms with E-state index >= 15 is 0 Å². The SMILES string of the molecule is CCNC(=O)[C@H](C)N(Cc1cccc(C)c1)C(=O)CN(c1cccc(Cl)c1Cl)S(=O)(=O)c1ccc(C)cc1. The Morgan fingerprint density at radius 1 is 0.947 bits per heavy atom. The quantitative estimate of drug-likeness (QED) is 0.352. The van der Waals surface area contributed by atoms with Crippen molar-refractivity contribution in [2.45, 2.75) is 45.2 Å². The normalized spacial score (nSPS) is 12.1. The fourth-order valence-corrected chi connectivity index (χ4v) is 5.82. The summed E-state index contributed by atoms with van der Waals surface area (Å²) >= 11 is 12.7. The fourth-order valence-electron chi connectivity index (χ4n) is 3.95. The van der Waals surface area contributed by atoms with E-state index in [1.165, 1.54) is 29.2 Å². The molecule has 10 heteroatoms. The molecule has 0 heterocycles. The van der Waals surface area contributed by atoms with Crippen molar-refractivity contribution >= 4 is 50.7 Å². The zero-order valence-electron chi connectivity index (χ0n) is 21.7. The number of benzene rings is 3. The number of aryl methyl sites for hydroxylation is 2. The van der Waals surface area contributed by atoms with Gasteiger partial charge in [-0.05, 0) is 57.5 Å². The molecule has 3 aromatic rings. The van der Waals surface area contributed by atoms with E-state index in [2.05, 4.69) is 5.32 Å². The van der Waals surface area contributed by atoms with Crippen LogP contribution in [0.2, 0.25) is 10.0 Å². The molecule has 0 spiro atoms. The zero-order chi connectivity index (χ0) is 28.0. The van der Waals surface area contributed by atoms with Crippen LogP contribution in [0.15, 0.2) is 71.6 Å². The maximum absolute atomic E-state index is 13.9. The van der Waals surface area contributed by atoms with Gasteiger partial charge in [-0.2, -0.15) is 0 Å². The van der Waals surface area contributed by atoms with E-state index in [1.807, 2.05) is 38.1 Å².